The van der Waals surface area contributed by atoms with Gasteiger partial charge in [-0.1, -0.05) is 42.5 Å². The zero-order valence-electron chi connectivity index (χ0n) is 11.7. The molecule has 100 valence electrons. The van der Waals surface area contributed by atoms with Crippen LogP contribution in [0.1, 0.15) is 29.5 Å². The lowest BCUT2D eigenvalue weighted by Crippen LogP contribution is -2.34. The number of aryl methyl sites for hydroxylation is 2. The Morgan fingerprint density at radius 3 is 2.74 bits per heavy atom. The van der Waals surface area contributed by atoms with E-state index in [0.29, 0.717) is 12.0 Å². The Morgan fingerprint density at radius 2 is 1.95 bits per heavy atom. The molecule has 2 aliphatic carbocycles. The minimum atomic E-state index is 0.507. The number of benzene rings is 1. The van der Waals surface area contributed by atoms with Gasteiger partial charge in [0.1, 0.15) is 0 Å². The van der Waals surface area contributed by atoms with Crippen molar-refractivity contribution in [3.8, 4) is 0 Å². The van der Waals surface area contributed by atoms with Gasteiger partial charge in [0.15, 0.2) is 0 Å². The minimum Gasteiger partial charge on any atom is -0.316 e. The van der Waals surface area contributed by atoms with Crippen molar-refractivity contribution in [3.63, 3.8) is 0 Å². The highest BCUT2D eigenvalue weighted by molar-refractivity contribution is 5.35. The summed E-state index contributed by atoms with van der Waals surface area (Å²) in [6.45, 7) is 0. The third kappa shape index (κ3) is 2.82. The molecule has 1 aromatic rings. The molecule has 1 aromatic carbocycles. The minimum absolute atomic E-state index is 0.507. The monoisotopic (exact) mass is 253 g/mol. The van der Waals surface area contributed by atoms with Gasteiger partial charge in [-0.05, 0) is 55.8 Å². The molecule has 0 fully saturated rings. The average Bonchev–Trinajstić information content (AvgIpc) is 2.93. The predicted octanol–water partition coefficient (Wildman–Crippen LogP) is 3.44. The van der Waals surface area contributed by atoms with E-state index in [1.807, 2.05) is 0 Å². The second-order valence-electron chi connectivity index (χ2n) is 5.73. The molecule has 1 N–H and O–H groups in total. The average molecular weight is 253 g/mol. The van der Waals surface area contributed by atoms with E-state index in [2.05, 4.69) is 54.9 Å². The predicted molar refractivity (Wildman–Crippen MR) is 81.4 cm³/mol. The lowest BCUT2D eigenvalue weighted by Gasteiger charge is -2.23. The molecule has 19 heavy (non-hydrogen) atoms. The van der Waals surface area contributed by atoms with Gasteiger partial charge in [0, 0.05) is 12.0 Å². The summed E-state index contributed by atoms with van der Waals surface area (Å²) in [5, 5.41) is 3.49. The van der Waals surface area contributed by atoms with Gasteiger partial charge in [-0.15, -0.1) is 0 Å². The second-order valence-corrected chi connectivity index (χ2v) is 5.73. The van der Waals surface area contributed by atoms with Crippen molar-refractivity contribution in [2.45, 2.75) is 38.1 Å². The smallest absolute Gasteiger partial charge is 0.0202 e. The largest absolute Gasteiger partial charge is 0.316 e. The second kappa shape index (κ2) is 5.75. The van der Waals surface area contributed by atoms with Crippen molar-refractivity contribution in [1.29, 1.82) is 0 Å². The van der Waals surface area contributed by atoms with Crippen molar-refractivity contribution in [3.05, 3.63) is 59.2 Å². The first kappa shape index (κ1) is 12.7. The maximum atomic E-state index is 3.49. The molecule has 1 unspecified atom stereocenters. The number of hydrogen-bond donors (Lipinski definition) is 1. The summed E-state index contributed by atoms with van der Waals surface area (Å²) < 4.78 is 0. The third-order valence-electron chi connectivity index (χ3n) is 4.44. The summed E-state index contributed by atoms with van der Waals surface area (Å²) in [6.07, 6.45) is 15.3. The normalized spacial score (nSPS) is 19.6. The first-order valence-corrected chi connectivity index (χ1v) is 7.48. The number of fused-ring (bicyclic) bond motifs is 1. The van der Waals surface area contributed by atoms with Crippen LogP contribution in [0.3, 0.4) is 0 Å². The van der Waals surface area contributed by atoms with Crippen molar-refractivity contribution in [2.75, 3.05) is 7.05 Å². The zero-order chi connectivity index (χ0) is 13.1. The summed E-state index contributed by atoms with van der Waals surface area (Å²) >= 11 is 0. The van der Waals surface area contributed by atoms with Crippen LogP contribution >= 0.6 is 0 Å². The van der Waals surface area contributed by atoms with E-state index in [-0.39, 0.29) is 0 Å². The molecule has 1 atom stereocenters. The quantitative estimate of drug-likeness (QED) is 0.811. The van der Waals surface area contributed by atoms with Crippen LogP contribution in [0.2, 0.25) is 0 Å². The van der Waals surface area contributed by atoms with Crippen LogP contribution in [0.15, 0.2) is 42.5 Å². The van der Waals surface area contributed by atoms with E-state index < -0.39 is 0 Å². The number of rotatable bonds is 4. The zero-order valence-corrected chi connectivity index (χ0v) is 11.7. The van der Waals surface area contributed by atoms with Crippen LogP contribution < -0.4 is 5.32 Å². The van der Waals surface area contributed by atoms with Crippen molar-refractivity contribution in [2.24, 2.45) is 5.92 Å². The molecule has 1 nitrogen and oxygen atoms in total. The van der Waals surface area contributed by atoms with E-state index in [4.69, 9.17) is 0 Å². The molecule has 0 saturated heterocycles. The Morgan fingerprint density at radius 1 is 1.16 bits per heavy atom. The highest BCUT2D eigenvalue weighted by Gasteiger charge is 2.18. The molecular weight excluding hydrogens is 230 g/mol. The van der Waals surface area contributed by atoms with Crippen LogP contribution in [0.4, 0.5) is 0 Å². The molecule has 0 amide bonds. The summed E-state index contributed by atoms with van der Waals surface area (Å²) in [4.78, 5) is 0. The van der Waals surface area contributed by atoms with Gasteiger partial charge in [0.25, 0.3) is 0 Å². The molecule has 2 aliphatic rings. The van der Waals surface area contributed by atoms with E-state index >= 15 is 0 Å². The Balaban J connectivity index is 1.73. The van der Waals surface area contributed by atoms with Crippen LogP contribution in [0, 0.1) is 5.92 Å². The molecule has 3 rings (SSSR count). The molecule has 1 heteroatoms. The summed E-state index contributed by atoms with van der Waals surface area (Å²) in [6, 6.07) is 7.61. The van der Waals surface area contributed by atoms with Crippen LogP contribution in [-0.4, -0.2) is 13.1 Å². The van der Waals surface area contributed by atoms with Gasteiger partial charge in [-0.3, -0.25) is 0 Å². The molecule has 0 aliphatic heterocycles. The first-order chi connectivity index (χ1) is 9.36. The standard InChI is InChI=1S/C18H23N/c1-19-18(16-6-3-2-4-7-16)13-14-10-11-15-8-5-9-17(15)12-14/h3-4,6-7,10-12,16,18-19H,2,5,8-9,13H2,1H3. The maximum absolute atomic E-state index is 3.49. The molecule has 0 aromatic heterocycles. The van der Waals surface area contributed by atoms with E-state index in [0.717, 1.165) is 12.8 Å². The number of allylic oxidation sites excluding steroid dienone is 2. The Hall–Kier alpha value is -1.34. The Bertz CT molecular complexity index is 486. The summed E-state index contributed by atoms with van der Waals surface area (Å²) in [7, 11) is 2.08. The Kier molecular flexibility index (Phi) is 3.84. The van der Waals surface area contributed by atoms with Gasteiger partial charge in [-0.2, -0.15) is 0 Å². The molecule has 0 saturated carbocycles. The summed E-state index contributed by atoms with van der Waals surface area (Å²) in [5.41, 5.74) is 4.64. The molecular formula is C18H23N. The third-order valence-corrected chi connectivity index (χ3v) is 4.44. The maximum Gasteiger partial charge on any atom is 0.0202 e. The van der Waals surface area contributed by atoms with Gasteiger partial charge in [0.05, 0.1) is 0 Å². The molecule has 0 radical (unpaired) electrons. The van der Waals surface area contributed by atoms with Crippen molar-refractivity contribution >= 4 is 0 Å². The van der Waals surface area contributed by atoms with E-state index in [1.165, 1.54) is 24.8 Å². The first-order valence-electron chi connectivity index (χ1n) is 7.48. The highest BCUT2D eigenvalue weighted by atomic mass is 14.9. The van der Waals surface area contributed by atoms with Gasteiger partial charge in [0.2, 0.25) is 0 Å². The fourth-order valence-corrected chi connectivity index (χ4v) is 3.32. The van der Waals surface area contributed by atoms with Gasteiger partial charge in [-0.25, -0.2) is 0 Å². The van der Waals surface area contributed by atoms with Gasteiger partial charge >= 0.3 is 0 Å². The fraction of sp³-hybridized carbons (Fsp3) is 0.444. The molecule has 0 bridgehead atoms. The Labute approximate surface area is 116 Å². The lowest BCUT2D eigenvalue weighted by atomic mass is 9.89. The van der Waals surface area contributed by atoms with E-state index in [9.17, 15) is 0 Å². The van der Waals surface area contributed by atoms with Crippen LogP contribution in [0.25, 0.3) is 0 Å². The van der Waals surface area contributed by atoms with Gasteiger partial charge < -0.3 is 5.32 Å². The highest BCUT2D eigenvalue weighted by Crippen LogP contribution is 2.24. The lowest BCUT2D eigenvalue weighted by molar-refractivity contribution is 0.488. The van der Waals surface area contributed by atoms with Crippen LogP contribution in [-0.2, 0) is 19.3 Å². The molecule has 0 heterocycles. The topological polar surface area (TPSA) is 12.0 Å². The fourth-order valence-electron chi connectivity index (χ4n) is 3.32. The van der Waals surface area contributed by atoms with Crippen molar-refractivity contribution < 1.29 is 0 Å². The van der Waals surface area contributed by atoms with Crippen molar-refractivity contribution in [1.82, 2.24) is 5.32 Å². The number of nitrogens with one attached hydrogen (secondary N) is 1. The number of likely N-dealkylation sites (N-methyl/N-ethyl adjacent to an activating group) is 1. The number of hydrogen-bond acceptors (Lipinski definition) is 1. The molecule has 0 spiro atoms. The SMILES string of the molecule is CNC(Cc1ccc2c(c1)CCC2)C1C=CCC=C1. The van der Waals surface area contributed by atoms with Crippen LogP contribution in [0.5, 0.6) is 0 Å². The van der Waals surface area contributed by atoms with E-state index in [1.54, 1.807) is 11.1 Å². The summed E-state index contributed by atoms with van der Waals surface area (Å²) in [5.74, 6) is 0.534.